The molecule has 21 heavy (non-hydrogen) atoms. The highest BCUT2D eigenvalue weighted by atomic mass is 79.9. The number of oxime groups is 1. The molecule has 0 spiro atoms. The summed E-state index contributed by atoms with van der Waals surface area (Å²) in [5.74, 6) is 0.155. The van der Waals surface area contributed by atoms with Crippen LogP contribution in [0.25, 0.3) is 0 Å². The van der Waals surface area contributed by atoms with Gasteiger partial charge in [0, 0.05) is 23.0 Å². The standard InChI is InChI=1S/C13H18BrN3O3S/c1-13(12(15)16-18)5-7-17(8-6-13)21(19,20)11-4-2-3-10(14)9-11/h2-4,9,18H,5-8H2,1H3,(H2,15,16). The number of benzene rings is 1. The third kappa shape index (κ3) is 3.22. The van der Waals surface area contributed by atoms with E-state index in [2.05, 4.69) is 21.1 Å². The molecule has 1 aromatic carbocycles. The molecule has 0 radical (unpaired) electrons. The second-order valence-corrected chi connectivity index (χ2v) is 8.26. The molecule has 0 aromatic heterocycles. The van der Waals surface area contributed by atoms with Gasteiger partial charge in [-0.15, -0.1) is 0 Å². The van der Waals surface area contributed by atoms with Gasteiger partial charge in [-0.3, -0.25) is 0 Å². The summed E-state index contributed by atoms with van der Waals surface area (Å²) in [4.78, 5) is 0.268. The van der Waals surface area contributed by atoms with Crippen LogP contribution >= 0.6 is 15.9 Å². The fraction of sp³-hybridized carbons (Fsp3) is 0.462. The Balaban J connectivity index is 2.19. The van der Waals surface area contributed by atoms with Crippen LogP contribution in [0.3, 0.4) is 0 Å². The van der Waals surface area contributed by atoms with Crippen LogP contribution in [0.1, 0.15) is 19.8 Å². The third-order valence-corrected chi connectivity index (χ3v) is 6.37. The Morgan fingerprint density at radius 1 is 1.43 bits per heavy atom. The zero-order valence-corrected chi connectivity index (χ0v) is 14.1. The normalized spacial score (nSPS) is 20.4. The quantitative estimate of drug-likeness (QED) is 0.365. The van der Waals surface area contributed by atoms with Gasteiger partial charge in [-0.05, 0) is 31.0 Å². The Bertz CT molecular complexity index is 652. The number of halogens is 1. The van der Waals surface area contributed by atoms with Gasteiger partial charge in [0.2, 0.25) is 10.0 Å². The third-order valence-electron chi connectivity index (χ3n) is 3.99. The van der Waals surface area contributed by atoms with Gasteiger partial charge >= 0.3 is 0 Å². The summed E-state index contributed by atoms with van der Waals surface area (Å²) in [6.07, 6.45) is 1.05. The molecule has 0 unspecified atom stereocenters. The van der Waals surface area contributed by atoms with Crippen molar-refractivity contribution in [1.29, 1.82) is 0 Å². The number of nitrogens with two attached hydrogens (primary N) is 1. The molecule has 0 bridgehead atoms. The van der Waals surface area contributed by atoms with Crippen LogP contribution in [0, 0.1) is 5.41 Å². The van der Waals surface area contributed by atoms with Crippen molar-refractivity contribution in [3.63, 3.8) is 0 Å². The Labute approximate surface area is 132 Å². The first kappa shape index (κ1) is 16.3. The Kier molecular flexibility index (Phi) is 4.60. The summed E-state index contributed by atoms with van der Waals surface area (Å²) in [7, 11) is -3.51. The second kappa shape index (κ2) is 5.94. The minimum Gasteiger partial charge on any atom is -0.409 e. The average molecular weight is 376 g/mol. The lowest BCUT2D eigenvalue weighted by Gasteiger charge is -2.37. The first-order chi connectivity index (χ1) is 9.79. The number of hydrogen-bond donors (Lipinski definition) is 2. The summed E-state index contributed by atoms with van der Waals surface area (Å²) < 4.78 is 27.3. The zero-order valence-electron chi connectivity index (χ0n) is 11.7. The van der Waals surface area contributed by atoms with Gasteiger partial charge < -0.3 is 10.9 Å². The highest BCUT2D eigenvalue weighted by Crippen LogP contribution is 2.33. The number of amidine groups is 1. The van der Waals surface area contributed by atoms with E-state index in [9.17, 15) is 8.42 Å². The molecule has 1 saturated heterocycles. The van der Waals surface area contributed by atoms with Crippen molar-refractivity contribution >= 4 is 31.8 Å². The molecular weight excluding hydrogens is 358 g/mol. The number of sulfonamides is 1. The minimum atomic E-state index is -3.51. The van der Waals surface area contributed by atoms with Crippen LogP contribution < -0.4 is 5.73 Å². The van der Waals surface area contributed by atoms with Crippen molar-refractivity contribution < 1.29 is 13.6 Å². The van der Waals surface area contributed by atoms with E-state index in [0.29, 0.717) is 25.9 Å². The molecule has 3 N–H and O–H groups in total. The van der Waals surface area contributed by atoms with Crippen LogP contribution in [0.15, 0.2) is 38.8 Å². The van der Waals surface area contributed by atoms with Gasteiger partial charge in [0.15, 0.2) is 0 Å². The summed E-state index contributed by atoms with van der Waals surface area (Å²) in [5, 5.41) is 11.9. The molecule has 0 aliphatic carbocycles. The highest BCUT2D eigenvalue weighted by Gasteiger charge is 2.38. The molecule has 1 aliphatic heterocycles. The maximum absolute atomic E-state index is 12.6. The monoisotopic (exact) mass is 375 g/mol. The van der Waals surface area contributed by atoms with E-state index in [0.717, 1.165) is 4.47 Å². The van der Waals surface area contributed by atoms with Crippen LogP contribution in [-0.4, -0.2) is 36.9 Å². The van der Waals surface area contributed by atoms with Gasteiger partial charge in [0.05, 0.1) is 4.90 Å². The molecule has 1 aliphatic rings. The zero-order chi connectivity index (χ0) is 15.7. The summed E-state index contributed by atoms with van der Waals surface area (Å²) in [5.41, 5.74) is 5.23. The van der Waals surface area contributed by atoms with Gasteiger partial charge in [-0.2, -0.15) is 4.31 Å². The maximum atomic E-state index is 12.6. The number of rotatable bonds is 3. The van der Waals surface area contributed by atoms with E-state index in [1.165, 1.54) is 4.31 Å². The van der Waals surface area contributed by atoms with Crippen molar-refractivity contribution in [3.8, 4) is 0 Å². The number of piperidine rings is 1. The molecular formula is C13H18BrN3O3S. The van der Waals surface area contributed by atoms with Gasteiger partial charge in [-0.1, -0.05) is 34.1 Å². The molecule has 6 nitrogen and oxygen atoms in total. The van der Waals surface area contributed by atoms with E-state index < -0.39 is 15.4 Å². The molecule has 1 heterocycles. The Morgan fingerprint density at radius 2 is 2.05 bits per heavy atom. The molecule has 1 fully saturated rings. The fourth-order valence-corrected chi connectivity index (χ4v) is 4.41. The second-order valence-electron chi connectivity index (χ2n) is 5.41. The largest absolute Gasteiger partial charge is 0.409 e. The Morgan fingerprint density at radius 3 is 2.57 bits per heavy atom. The highest BCUT2D eigenvalue weighted by molar-refractivity contribution is 9.10. The molecule has 1 aromatic rings. The van der Waals surface area contributed by atoms with E-state index >= 15 is 0 Å². The van der Waals surface area contributed by atoms with Crippen molar-refractivity contribution in [3.05, 3.63) is 28.7 Å². The van der Waals surface area contributed by atoms with Crippen LogP contribution in [0.4, 0.5) is 0 Å². The van der Waals surface area contributed by atoms with Gasteiger partial charge in [-0.25, -0.2) is 8.42 Å². The molecule has 2 rings (SSSR count). The van der Waals surface area contributed by atoms with Crippen molar-refractivity contribution in [2.75, 3.05) is 13.1 Å². The van der Waals surface area contributed by atoms with Crippen LogP contribution in [0.2, 0.25) is 0 Å². The number of hydrogen-bond acceptors (Lipinski definition) is 4. The lowest BCUT2D eigenvalue weighted by molar-refractivity contribution is 0.230. The van der Waals surface area contributed by atoms with E-state index in [4.69, 9.17) is 10.9 Å². The topological polar surface area (TPSA) is 96.0 Å². The molecule has 0 amide bonds. The number of nitrogens with zero attached hydrogens (tertiary/aromatic N) is 2. The first-order valence-electron chi connectivity index (χ1n) is 6.53. The predicted molar refractivity (Wildman–Crippen MR) is 83.7 cm³/mol. The van der Waals surface area contributed by atoms with E-state index in [-0.39, 0.29) is 10.7 Å². The van der Waals surface area contributed by atoms with E-state index in [1.54, 1.807) is 24.3 Å². The Hall–Kier alpha value is -1.12. The summed E-state index contributed by atoms with van der Waals surface area (Å²) in [6, 6.07) is 6.65. The smallest absolute Gasteiger partial charge is 0.243 e. The fourth-order valence-electron chi connectivity index (χ4n) is 2.37. The summed E-state index contributed by atoms with van der Waals surface area (Å²) in [6.45, 7) is 2.58. The molecule has 0 atom stereocenters. The average Bonchev–Trinajstić information content (AvgIpc) is 2.47. The predicted octanol–water partition coefficient (Wildman–Crippen LogP) is 1.99. The van der Waals surface area contributed by atoms with Gasteiger partial charge in [0.1, 0.15) is 5.84 Å². The van der Waals surface area contributed by atoms with Crippen LogP contribution in [-0.2, 0) is 10.0 Å². The minimum absolute atomic E-state index is 0.155. The lowest BCUT2D eigenvalue weighted by Crippen LogP contribution is -2.47. The maximum Gasteiger partial charge on any atom is 0.243 e. The lowest BCUT2D eigenvalue weighted by atomic mass is 9.80. The van der Waals surface area contributed by atoms with Crippen molar-refractivity contribution in [2.24, 2.45) is 16.3 Å². The van der Waals surface area contributed by atoms with Crippen molar-refractivity contribution in [1.82, 2.24) is 4.31 Å². The van der Waals surface area contributed by atoms with E-state index in [1.807, 2.05) is 6.92 Å². The SMILES string of the molecule is CC1(/C(N)=N/O)CCN(S(=O)(=O)c2cccc(Br)c2)CC1. The molecule has 0 saturated carbocycles. The van der Waals surface area contributed by atoms with Crippen molar-refractivity contribution in [2.45, 2.75) is 24.7 Å². The summed E-state index contributed by atoms with van der Waals surface area (Å²) >= 11 is 3.28. The van der Waals surface area contributed by atoms with Gasteiger partial charge in [0.25, 0.3) is 0 Å². The molecule has 8 heteroatoms. The first-order valence-corrected chi connectivity index (χ1v) is 8.77. The van der Waals surface area contributed by atoms with Crippen LogP contribution in [0.5, 0.6) is 0 Å². The molecule has 116 valence electrons.